The van der Waals surface area contributed by atoms with Crippen LogP contribution in [-0.4, -0.2) is 31.1 Å². The van der Waals surface area contributed by atoms with E-state index in [1.165, 1.54) is 0 Å². The highest BCUT2D eigenvalue weighted by atomic mass is 35.5. The normalized spacial score (nSPS) is 12.6. The van der Waals surface area contributed by atoms with Crippen LogP contribution in [0.15, 0.2) is 0 Å². The highest BCUT2D eigenvalue weighted by molar-refractivity contribution is 6.07. The Morgan fingerprint density at radius 2 is 1.90 bits per heavy atom. The zero-order valence-corrected chi connectivity index (χ0v) is 7.90. The topological polar surface area (TPSA) is 12.5 Å². The quantitative estimate of drug-likeness (QED) is 0.631. The molecule has 0 aromatic heterocycles. The third kappa shape index (κ3) is 3.40. The Labute approximate surface area is 68.3 Å². The monoisotopic (exact) mass is 165 g/mol. The molecule has 0 radical (unpaired) electrons. The van der Waals surface area contributed by atoms with Crippen LogP contribution in [0.2, 0.25) is 0 Å². The number of hydrogen-bond donors (Lipinski definition) is 0. The molecule has 3 heteroatoms. The Morgan fingerprint density at radius 3 is 2.20 bits per heavy atom. The lowest BCUT2D eigenvalue weighted by Crippen LogP contribution is -2.38. The number of hydrogen-bond acceptors (Lipinski definition) is 2. The summed E-state index contributed by atoms with van der Waals surface area (Å²) in [5, 5.41) is 0. The number of nitrogens with zero attached hydrogens (tertiary/aromatic N) is 1. The van der Waals surface area contributed by atoms with Crippen molar-refractivity contribution in [1.29, 1.82) is 0 Å². The molecule has 0 aliphatic carbocycles. The van der Waals surface area contributed by atoms with E-state index >= 15 is 0 Å². The van der Waals surface area contributed by atoms with Gasteiger partial charge in [0.1, 0.15) is 0 Å². The molecule has 0 N–H and O–H groups in total. The van der Waals surface area contributed by atoms with E-state index in [1.807, 2.05) is 14.1 Å². The third-order valence-electron chi connectivity index (χ3n) is 2.00. The van der Waals surface area contributed by atoms with Crippen LogP contribution in [0.1, 0.15) is 20.3 Å². The fraction of sp³-hybridized carbons (Fsp3) is 1.00. The first kappa shape index (κ1) is 10.2. The number of halogens is 1. The standard InChI is InChI=1S/C7H16ClNO/c1-7(2,9(3)4)5-6-10-8/h5-6H2,1-4H3. The molecule has 0 aromatic carbocycles. The summed E-state index contributed by atoms with van der Waals surface area (Å²) in [5.74, 6) is 0. The first-order valence-corrected chi connectivity index (χ1v) is 3.72. The molecule has 0 aromatic rings. The van der Waals surface area contributed by atoms with Gasteiger partial charge in [0.15, 0.2) is 0 Å². The molecule has 0 amide bonds. The van der Waals surface area contributed by atoms with E-state index in [0.717, 1.165) is 6.42 Å². The fourth-order valence-corrected chi connectivity index (χ4v) is 0.589. The highest BCUT2D eigenvalue weighted by Gasteiger charge is 2.19. The van der Waals surface area contributed by atoms with E-state index in [9.17, 15) is 0 Å². The van der Waals surface area contributed by atoms with Gasteiger partial charge >= 0.3 is 0 Å². The minimum Gasteiger partial charge on any atom is -0.304 e. The van der Waals surface area contributed by atoms with E-state index in [4.69, 9.17) is 11.9 Å². The zero-order valence-electron chi connectivity index (χ0n) is 7.15. The SMILES string of the molecule is CN(C)C(C)(C)CCOCl. The van der Waals surface area contributed by atoms with Gasteiger partial charge < -0.3 is 4.90 Å². The summed E-state index contributed by atoms with van der Waals surface area (Å²) in [4.78, 5) is 2.16. The van der Waals surface area contributed by atoms with E-state index < -0.39 is 0 Å². The van der Waals surface area contributed by atoms with Crippen LogP contribution in [0.25, 0.3) is 0 Å². The first-order chi connectivity index (χ1) is 4.50. The second-order valence-electron chi connectivity index (χ2n) is 3.27. The molecule has 0 saturated carbocycles. The summed E-state index contributed by atoms with van der Waals surface area (Å²) in [6.07, 6.45) is 0.948. The van der Waals surface area contributed by atoms with E-state index in [-0.39, 0.29) is 5.54 Å². The maximum absolute atomic E-state index is 5.09. The highest BCUT2D eigenvalue weighted by Crippen LogP contribution is 2.14. The summed E-state index contributed by atoms with van der Waals surface area (Å²) < 4.78 is 4.47. The van der Waals surface area contributed by atoms with Crippen molar-refractivity contribution >= 4 is 11.9 Å². The first-order valence-electron chi connectivity index (χ1n) is 3.41. The molecule has 0 heterocycles. The average molecular weight is 166 g/mol. The molecule has 0 unspecified atom stereocenters. The van der Waals surface area contributed by atoms with Gasteiger partial charge in [0.25, 0.3) is 0 Å². The van der Waals surface area contributed by atoms with Gasteiger partial charge in [0.2, 0.25) is 0 Å². The lowest BCUT2D eigenvalue weighted by atomic mass is 10.0. The van der Waals surface area contributed by atoms with Crippen LogP contribution in [-0.2, 0) is 4.29 Å². The van der Waals surface area contributed by atoms with Crippen LogP contribution in [0, 0.1) is 0 Å². The summed E-state index contributed by atoms with van der Waals surface area (Å²) in [5.41, 5.74) is 0.175. The van der Waals surface area contributed by atoms with Gasteiger partial charge in [0, 0.05) is 5.54 Å². The second kappa shape index (κ2) is 4.16. The van der Waals surface area contributed by atoms with E-state index in [1.54, 1.807) is 0 Å². The molecule has 0 aliphatic rings. The van der Waals surface area contributed by atoms with Crippen molar-refractivity contribution in [3.8, 4) is 0 Å². The van der Waals surface area contributed by atoms with Gasteiger partial charge in [0.05, 0.1) is 18.5 Å². The third-order valence-corrected chi connectivity index (χ3v) is 2.16. The molecule has 0 aliphatic heterocycles. The lowest BCUT2D eigenvalue weighted by Gasteiger charge is -2.31. The van der Waals surface area contributed by atoms with Crippen LogP contribution in [0.5, 0.6) is 0 Å². The molecule has 0 spiro atoms. The predicted molar refractivity (Wildman–Crippen MR) is 44.2 cm³/mol. The van der Waals surface area contributed by atoms with Crippen LogP contribution < -0.4 is 0 Å². The Morgan fingerprint density at radius 1 is 1.40 bits per heavy atom. The minimum atomic E-state index is 0.175. The Balaban J connectivity index is 3.63. The molecule has 2 nitrogen and oxygen atoms in total. The molecule has 0 bridgehead atoms. The predicted octanol–water partition coefficient (Wildman–Crippen LogP) is 1.89. The minimum absolute atomic E-state index is 0.175. The molecule has 62 valence electrons. The largest absolute Gasteiger partial charge is 0.304 e. The van der Waals surface area contributed by atoms with Crippen molar-refractivity contribution in [2.24, 2.45) is 0 Å². The van der Waals surface area contributed by atoms with Gasteiger partial charge in [-0.1, -0.05) is 0 Å². The summed E-state index contributed by atoms with van der Waals surface area (Å²) in [6.45, 7) is 4.92. The Bertz CT molecular complexity index is 93.6. The molecule has 0 fully saturated rings. The van der Waals surface area contributed by atoms with Crippen molar-refractivity contribution < 1.29 is 4.29 Å². The molecule has 0 rings (SSSR count). The molecule has 0 atom stereocenters. The van der Waals surface area contributed by atoms with Crippen LogP contribution >= 0.6 is 11.9 Å². The molecule has 10 heavy (non-hydrogen) atoms. The van der Waals surface area contributed by atoms with Gasteiger partial charge in [-0.05, 0) is 34.4 Å². The molecular formula is C7H16ClNO. The van der Waals surface area contributed by atoms with Crippen molar-refractivity contribution in [1.82, 2.24) is 4.90 Å². The zero-order chi connectivity index (χ0) is 8.20. The number of rotatable bonds is 4. The average Bonchev–Trinajstić information content (AvgIpc) is 1.84. The lowest BCUT2D eigenvalue weighted by molar-refractivity contribution is 0.154. The molecular weight excluding hydrogens is 150 g/mol. The molecule has 0 saturated heterocycles. The smallest absolute Gasteiger partial charge is 0.0700 e. The Kier molecular flexibility index (Phi) is 4.25. The van der Waals surface area contributed by atoms with E-state index in [0.29, 0.717) is 6.61 Å². The van der Waals surface area contributed by atoms with Crippen LogP contribution in [0.4, 0.5) is 0 Å². The maximum atomic E-state index is 5.09. The summed E-state index contributed by atoms with van der Waals surface area (Å²) >= 11 is 5.09. The summed E-state index contributed by atoms with van der Waals surface area (Å²) in [7, 11) is 4.10. The van der Waals surface area contributed by atoms with Crippen molar-refractivity contribution in [2.75, 3.05) is 20.7 Å². The van der Waals surface area contributed by atoms with Crippen molar-refractivity contribution in [3.63, 3.8) is 0 Å². The van der Waals surface area contributed by atoms with E-state index in [2.05, 4.69) is 23.0 Å². The Hall–Kier alpha value is 0.210. The van der Waals surface area contributed by atoms with Gasteiger partial charge in [-0.15, -0.1) is 0 Å². The van der Waals surface area contributed by atoms with Gasteiger partial charge in [-0.3, -0.25) is 4.29 Å². The van der Waals surface area contributed by atoms with Crippen molar-refractivity contribution in [3.05, 3.63) is 0 Å². The van der Waals surface area contributed by atoms with Crippen molar-refractivity contribution in [2.45, 2.75) is 25.8 Å². The fourth-order valence-electron chi connectivity index (χ4n) is 0.512. The van der Waals surface area contributed by atoms with Gasteiger partial charge in [-0.25, -0.2) is 0 Å². The summed E-state index contributed by atoms with van der Waals surface area (Å²) in [6, 6.07) is 0. The van der Waals surface area contributed by atoms with Crippen LogP contribution in [0.3, 0.4) is 0 Å². The second-order valence-corrected chi connectivity index (χ2v) is 3.49. The van der Waals surface area contributed by atoms with Gasteiger partial charge in [-0.2, -0.15) is 0 Å². The maximum Gasteiger partial charge on any atom is 0.0700 e.